The second-order valence-corrected chi connectivity index (χ2v) is 7.91. The van der Waals surface area contributed by atoms with Gasteiger partial charge in [-0.05, 0) is 30.7 Å². The normalized spacial score (nSPS) is 20.7. The molecule has 164 valence electrons. The number of amides is 3. The van der Waals surface area contributed by atoms with Crippen molar-refractivity contribution in [2.24, 2.45) is 0 Å². The van der Waals surface area contributed by atoms with Crippen molar-refractivity contribution in [3.05, 3.63) is 29.8 Å². The first-order chi connectivity index (χ1) is 14.5. The molecule has 0 saturated carbocycles. The van der Waals surface area contributed by atoms with Crippen LogP contribution in [0.25, 0.3) is 0 Å². The third kappa shape index (κ3) is 5.79. The standard InChI is InChI=1S/C22H33N5O3/c1-3-17-5-7-18(8-6-17)24-20(28)15-19-22(30)23-9-10-27(19)21(29)16-26-13-11-25(4-2)12-14-26/h5-8,19H,3-4,9-16H2,1-2H3,(H,23,30)(H,24,28)/t19-/m1/s1. The molecule has 0 spiro atoms. The van der Waals surface area contributed by atoms with Gasteiger partial charge in [0.1, 0.15) is 6.04 Å². The van der Waals surface area contributed by atoms with E-state index >= 15 is 0 Å². The van der Waals surface area contributed by atoms with Crippen LogP contribution in [0.2, 0.25) is 0 Å². The van der Waals surface area contributed by atoms with E-state index < -0.39 is 6.04 Å². The summed E-state index contributed by atoms with van der Waals surface area (Å²) in [6.07, 6.45) is 0.887. The first-order valence-electron chi connectivity index (χ1n) is 10.9. The summed E-state index contributed by atoms with van der Waals surface area (Å²) < 4.78 is 0. The van der Waals surface area contributed by atoms with Crippen molar-refractivity contribution in [2.75, 3.05) is 57.7 Å². The van der Waals surface area contributed by atoms with Gasteiger partial charge in [0.25, 0.3) is 0 Å². The number of hydrogen-bond donors (Lipinski definition) is 2. The molecule has 8 heteroatoms. The Morgan fingerprint density at radius 3 is 2.33 bits per heavy atom. The summed E-state index contributed by atoms with van der Waals surface area (Å²) in [5, 5.41) is 5.63. The summed E-state index contributed by atoms with van der Waals surface area (Å²) >= 11 is 0. The lowest BCUT2D eigenvalue weighted by Crippen LogP contribution is -2.60. The Hall–Kier alpha value is -2.45. The first kappa shape index (κ1) is 22.2. The highest BCUT2D eigenvalue weighted by molar-refractivity contribution is 5.97. The molecular weight excluding hydrogens is 382 g/mol. The fourth-order valence-corrected chi connectivity index (χ4v) is 3.97. The predicted molar refractivity (Wildman–Crippen MR) is 116 cm³/mol. The maximum absolute atomic E-state index is 12.9. The minimum Gasteiger partial charge on any atom is -0.353 e. The number of carbonyl (C=O) groups is 3. The molecule has 1 aromatic rings. The van der Waals surface area contributed by atoms with Crippen LogP contribution in [0.3, 0.4) is 0 Å². The molecule has 0 radical (unpaired) electrons. The van der Waals surface area contributed by atoms with Crippen LogP contribution in [0, 0.1) is 0 Å². The van der Waals surface area contributed by atoms with E-state index in [0.717, 1.165) is 39.1 Å². The minimum atomic E-state index is -0.766. The lowest BCUT2D eigenvalue weighted by molar-refractivity contribution is -0.145. The molecule has 0 unspecified atom stereocenters. The molecule has 2 heterocycles. The van der Waals surface area contributed by atoms with Crippen molar-refractivity contribution in [3.8, 4) is 0 Å². The fourth-order valence-electron chi connectivity index (χ4n) is 3.97. The highest BCUT2D eigenvalue weighted by atomic mass is 16.2. The summed E-state index contributed by atoms with van der Waals surface area (Å²) in [5.41, 5.74) is 1.89. The van der Waals surface area contributed by atoms with Crippen LogP contribution >= 0.6 is 0 Å². The van der Waals surface area contributed by atoms with Crippen LogP contribution in [0.15, 0.2) is 24.3 Å². The fraction of sp³-hybridized carbons (Fsp3) is 0.591. The molecule has 2 N–H and O–H groups in total. The Kier molecular flexibility index (Phi) is 7.81. The minimum absolute atomic E-state index is 0.0449. The van der Waals surface area contributed by atoms with Crippen LogP contribution in [0.5, 0.6) is 0 Å². The van der Waals surface area contributed by atoms with Gasteiger partial charge in [0.05, 0.1) is 13.0 Å². The largest absolute Gasteiger partial charge is 0.353 e. The molecule has 0 aromatic heterocycles. The quantitative estimate of drug-likeness (QED) is 0.679. The number of aryl methyl sites for hydroxylation is 1. The number of nitrogens with zero attached hydrogens (tertiary/aromatic N) is 3. The molecule has 0 bridgehead atoms. The van der Waals surface area contributed by atoms with Gasteiger partial charge in [0.15, 0.2) is 0 Å². The molecule has 2 aliphatic rings. The number of likely N-dealkylation sites (N-methyl/N-ethyl adjacent to an activating group) is 1. The van der Waals surface area contributed by atoms with Crippen LogP contribution < -0.4 is 10.6 Å². The lowest BCUT2D eigenvalue weighted by Gasteiger charge is -2.38. The van der Waals surface area contributed by atoms with E-state index in [2.05, 4.69) is 34.3 Å². The third-order valence-electron chi connectivity index (χ3n) is 5.95. The van der Waals surface area contributed by atoms with Crippen molar-refractivity contribution in [1.82, 2.24) is 20.0 Å². The van der Waals surface area contributed by atoms with Gasteiger partial charge in [-0.2, -0.15) is 0 Å². The lowest BCUT2D eigenvalue weighted by atomic mass is 10.1. The number of anilines is 1. The van der Waals surface area contributed by atoms with Crippen LogP contribution in [0.1, 0.15) is 25.8 Å². The van der Waals surface area contributed by atoms with Crippen molar-refractivity contribution in [3.63, 3.8) is 0 Å². The average molecular weight is 416 g/mol. The van der Waals surface area contributed by atoms with Crippen LogP contribution in [0.4, 0.5) is 5.69 Å². The number of benzene rings is 1. The molecule has 2 fully saturated rings. The Balaban J connectivity index is 1.57. The van der Waals surface area contributed by atoms with Gasteiger partial charge in [0, 0.05) is 45.0 Å². The summed E-state index contributed by atoms with van der Waals surface area (Å²) in [6.45, 7) is 9.98. The summed E-state index contributed by atoms with van der Waals surface area (Å²) in [5.74, 6) is -0.613. The van der Waals surface area contributed by atoms with Gasteiger partial charge in [-0.3, -0.25) is 19.3 Å². The van der Waals surface area contributed by atoms with Gasteiger partial charge in [-0.1, -0.05) is 26.0 Å². The van der Waals surface area contributed by atoms with Gasteiger partial charge < -0.3 is 20.4 Å². The van der Waals surface area contributed by atoms with Crippen molar-refractivity contribution >= 4 is 23.4 Å². The molecule has 8 nitrogen and oxygen atoms in total. The van der Waals surface area contributed by atoms with E-state index in [1.807, 2.05) is 24.3 Å². The summed E-state index contributed by atoms with van der Waals surface area (Å²) in [6, 6.07) is 6.89. The van der Waals surface area contributed by atoms with Crippen molar-refractivity contribution < 1.29 is 14.4 Å². The monoisotopic (exact) mass is 415 g/mol. The molecule has 2 saturated heterocycles. The van der Waals surface area contributed by atoms with Crippen molar-refractivity contribution in [1.29, 1.82) is 0 Å². The molecule has 0 aliphatic carbocycles. The molecule has 1 atom stereocenters. The molecule has 3 rings (SSSR count). The molecule has 1 aromatic carbocycles. The van der Waals surface area contributed by atoms with Crippen molar-refractivity contribution in [2.45, 2.75) is 32.7 Å². The zero-order valence-corrected chi connectivity index (χ0v) is 18.0. The second-order valence-electron chi connectivity index (χ2n) is 7.91. The first-order valence-corrected chi connectivity index (χ1v) is 10.9. The average Bonchev–Trinajstić information content (AvgIpc) is 2.76. The van der Waals surface area contributed by atoms with Gasteiger partial charge in [-0.15, -0.1) is 0 Å². The van der Waals surface area contributed by atoms with Gasteiger partial charge in [-0.25, -0.2) is 0 Å². The highest BCUT2D eigenvalue weighted by Gasteiger charge is 2.35. The topological polar surface area (TPSA) is 85.0 Å². The zero-order chi connectivity index (χ0) is 21.5. The number of hydrogen-bond acceptors (Lipinski definition) is 5. The van der Waals surface area contributed by atoms with Crippen LogP contribution in [-0.2, 0) is 20.8 Å². The maximum Gasteiger partial charge on any atom is 0.243 e. The number of piperazine rings is 2. The van der Waals surface area contributed by atoms with E-state index in [1.165, 1.54) is 5.56 Å². The summed E-state index contributed by atoms with van der Waals surface area (Å²) in [7, 11) is 0. The van der Waals surface area contributed by atoms with E-state index in [9.17, 15) is 14.4 Å². The predicted octanol–water partition coefficient (Wildman–Crippen LogP) is 0.542. The second kappa shape index (κ2) is 10.5. The molecule has 2 aliphatic heterocycles. The van der Waals surface area contributed by atoms with E-state index in [0.29, 0.717) is 25.3 Å². The Bertz CT molecular complexity index is 744. The van der Waals surface area contributed by atoms with Crippen LogP contribution in [-0.4, -0.2) is 90.8 Å². The van der Waals surface area contributed by atoms with E-state index in [-0.39, 0.29) is 24.1 Å². The Morgan fingerprint density at radius 2 is 1.70 bits per heavy atom. The number of nitrogens with one attached hydrogen (secondary N) is 2. The van der Waals surface area contributed by atoms with Gasteiger partial charge in [0.2, 0.25) is 17.7 Å². The van der Waals surface area contributed by atoms with Gasteiger partial charge >= 0.3 is 0 Å². The SMILES string of the molecule is CCc1ccc(NC(=O)C[C@@H]2C(=O)NCCN2C(=O)CN2CCN(CC)CC2)cc1. The third-order valence-corrected chi connectivity index (χ3v) is 5.95. The van der Waals surface area contributed by atoms with E-state index in [1.54, 1.807) is 4.90 Å². The zero-order valence-electron chi connectivity index (χ0n) is 18.0. The summed E-state index contributed by atoms with van der Waals surface area (Å²) in [4.78, 5) is 44.0. The molecular formula is C22H33N5O3. The number of carbonyl (C=O) groups excluding carboxylic acids is 3. The smallest absolute Gasteiger partial charge is 0.243 e. The Morgan fingerprint density at radius 1 is 1.03 bits per heavy atom. The Labute approximate surface area is 178 Å². The van der Waals surface area contributed by atoms with E-state index in [4.69, 9.17) is 0 Å². The highest BCUT2D eigenvalue weighted by Crippen LogP contribution is 2.14. The molecule has 3 amide bonds. The molecule has 30 heavy (non-hydrogen) atoms. The maximum atomic E-state index is 12.9. The number of rotatable bonds is 7.